The lowest BCUT2D eigenvalue weighted by molar-refractivity contribution is 0.479. The zero-order valence-electron chi connectivity index (χ0n) is 16.9. The number of hydrogen-bond acceptors (Lipinski definition) is 4. The van der Waals surface area contributed by atoms with Crippen molar-refractivity contribution >= 4 is 20.2 Å². The number of aryl methyl sites for hydroxylation is 4. The largest absolute Gasteiger partial charge is 0.295 e. The van der Waals surface area contributed by atoms with Crippen molar-refractivity contribution in [2.45, 2.75) is 64.2 Å². The van der Waals surface area contributed by atoms with E-state index < -0.39 is 20.2 Å². The summed E-state index contributed by atoms with van der Waals surface area (Å²) in [5, 5.41) is 0. The molecule has 8 heteroatoms. The van der Waals surface area contributed by atoms with E-state index in [2.05, 4.69) is 0 Å². The van der Waals surface area contributed by atoms with Gasteiger partial charge in [0, 0.05) is 0 Å². The molecule has 28 heavy (non-hydrogen) atoms. The molecular formula is C20H26O6S2. The van der Waals surface area contributed by atoms with E-state index in [1.165, 1.54) is 0 Å². The van der Waals surface area contributed by atoms with Crippen molar-refractivity contribution < 1.29 is 25.9 Å². The van der Waals surface area contributed by atoms with Crippen LogP contribution < -0.4 is 0 Å². The van der Waals surface area contributed by atoms with Gasteiger partial charge in [0.25, 0.3) is 20.2 Å². The van der Waals surface area contributed by atoms with Crippen molar-refractivity contribution in [1.29, 1.82) is 0 Å². The topological polar surface area (TPSA) is 109 Å². The van der Waals surface area contributed by atoms with E-state index in [-0.39, 0.29) is 9.79 Å². The highest BCUT2D eigenvalue weighted by Gasteiger charge is 2.23. The van der Waals surface area contributed by atoms with Crippen molar-refractivity contribution in [2.24, 2.45) is 0 Å². The zero-order chi connectivity index (χ0) is 21.6. The van der Waals surface area contributed by atoms with Crippen molar-refractivity contribution in [3.05, 3.63) is 56.6 Å². The third kappa shape index (κ3) is 4.30. The van der Waals surface area contributed by atoms with Crippen molar-refractivity contribution in [3.63, 3.8) is 0 Å². The number of benzene rings is 2. The third-order valence-corrected chi connectivity index (χ3v) is 7.55. The lowest BCUT2D eigenvalue weighted by Crippen LogP contribution is -2.11. The highest BCUT2D eigenvalue weighted by molar-refractivity contribution is 7.86. The van der Waals surface area contributed by atoms with Gasteiger partial charge in [0.05, 0.1) is 9.79 Å². The van der Waals surface area contributed by atoms with E-state index in [0.29, 0.717) is 35.1 Å². The Bertz CT molecular complexity index is 1070. The summed E-state index contributed by atoms with van der Waals surface area (Å²) < 4.78 is 66.2. The second-order valence-corrected chi connectivity index (χ2v) is 10.1. The fraction of sp³-hybridized carbons (Fsp3) is 0.400. The lowest BCUT2D eigenvalue weighted by Gasteiger charge is -2.18. The molecule has 0 aliphatic heterocycles. The van der Waals surface area contributed by atoms with Crippen LogP contribution in [-0.2, 0) is 33.1 Å². The molecule has 154 valence electrons. The average Bonchev–Trinajstić information content (AvgIpc) is 2.45. The summed E-state index contributed by atoms with van der Waals surface area (Å²) in [6.07, 6.45) is 0.937. The molecule has 0 unspecified atom stereocenters. The van der Waals surface area contributed by atoms with Crippen LogP contribution in [0.15, 0.2) is 21.9 Å². The monoisotopic (exact) mass is 426 g/mol. The van der Waals surface area contributed by atoms with Gasteiger partial charge in [-0.25, -0.2) is 0 Å². The average molecular weight is 427 g/mol. The van der Waals surface area contributed by atoms with Crippen LogP contribution in [0.2, 0.25) is 0 Å². The van der Waals surface area contributed by atoms with Gasteiger partial charge in [-0.3, -0.25) is 9.11 Å². The summed E-state index contributed by atoms with van der Waals surface area (Å²) in [5.41, 5.74) is 5.36. The molecule has 0 aromatic heterocycles. The Morgan fingerprint density at radius 1 is 0.607 bits per heavy atom. The molecule has 0 amide bonds. The van der Waals surface area contributed by atoms with Crippen molar-refractivity contribution in [2.75, 3.05) is 0 Å². The van der Waals surface area contributed by atoms with Crippen LogP contribution in [0, 0.1) is 41.5 Å². The Morgan fingerprint density at radius 3 is 1.14 bits per heavy atom. The van der Waals surface area contributed by atoms with Gasteiger partial charge in [-0.1, -0.05) is 12.1 Å². The van der Waals surface area contributed by atoms with Gasteiger partial charge < -0.3 is 0 Å². The SMILES string of the molecule is Cc1cc(C)c(S(=O)(=O)O)c(C)c1CCc1c(C)cc(C)c(S(=O)(=O)O)c1C. The minimum atomic E-state index is -4.35. The molecular weight excluding hydrogens is 400 g/mol. The first-order valence-electron chi connectivity index (χ1n) is 8.80. The second kappa shape index (κ2) is 7.59. The molecule has 0 saturated carbocycles. The van der Waals surface area contributed by atoms with Crippen LogP contribution in [0.25, 0.3) is 0 Å². The Hall–Kier alpha value is -1.74. The van der Waals surface area contributed by atoms with Crippen molar-refractivity contribution in [3.8, 4) is 0 Å². The minimum Gasteiger partial charge on any atom is -0.282 e. The highest BCUT2D eigenvalue weighted by atomic mass is 32.2. The first kappa shape index (κ1) is 22.5. The fourth-order valence-electron chi connectivity index (χ4n) is 4.23. The quantitative estimate of drug-likeness (QED) is 0.704. The van der Waals surface area contributed by atoms with E-state index in [1.807, 2.05) is 13.8 Å². The molecule has 2 rings (SSSR count). The van der Waals surface area contributed by atoms with Crippen LogP contribution in [0.4, 0.5) is 0 Å². The van der Waals surface area contributed by atoms with Gasteiger partial charge in [-0.05, 0) is 98.9 Å². The molecule has 2 aromatic carbocycles. The summed E-state index contributed by atoms with van der Waals surface area (Å²) in [5.74, 6) is 0. The molecule has 0 aliphatic rings. The summed E-state index contributed by atoms with van der Waals surface area (Å²) in [7, 11) is -8.69. The Labute approximate surface area is 167 Å². The van der Waals surface area contributed by atoms with Gasteiger partial charge >= 0.3 is 0 Å². The first-order valence-corrected chi connectivity index (χ1v) is 11.7. The first-order chi connectivity index (χ1) is 12.7. The normalized spacial score (nSPS) is 12.4. The van der Waals surface area contributed by atoms with Gasteiger partial charge in [-0.15, -0.1) is 0 Å². The number of hydrogen-bond donors (Lipinski definition) is 2. The van der Waals surface area contributed by atoms with E-state index in [4.69, 9.17) is 0 Å². The fourth-order valence-corrected chi connectivity index (χ4v) is 6.18. The van der Waals surface area contributed by atoms with Gasteiger partial charge in [0.1, 0.15) is 0 Å². The molecule has 0 fully saturated rings. The molecule has 0 radical (unpaired) electrons. The molecule has 0 bridgehead atoms. The maximum Gasteiger partial charge on any atom is 0.295 e. The smallest absolute Gasteiger partial charge is 0.282 e. The van der Waals surface area contributed by atoms with E-state index in [1.54, 1.807) is 39.8 Å². The maximum atomic E-state index is 11.8. The van der Waals surface area contributed by atoms with E-state index >= 15 is 0 Å². The summed E-state index contributed by atoms with van der Waals surface area (Å²) in [6, 6.07) is 3.45. The van der Waals surface area contributed by atoms with Gasteiger partial charge in [-0.2, -0.15) is 16.8 Å². The minimum absolute atomic E-state index is 0.0796. The Balaban J connectivity index is 2.57. The predicted molar refractivity (Wildman–Crippen MR) is 108 cm³/mol. The molecule has 6 nitrogen and oxygen atoms in total. The molecule has 0 saturated heterocycles. The Kier molecular flexibility index (Phi) is 6.11. The van der Waals surface area contributed by atoms with Crippen LogP contribution in [0.1, 0.15) is 44.5 Å². The van der Waals surface area contributed by atoms with Gasteiger partial charge in [0.15, 0.2) is 0 Å². The molecule has 0 spiro atoms. The van der Waals surface area contributed by atoms with Crippen LogP contribution in [0.3, 0.4) is 0 Å². The highest BCUT2D eigenvalue weighted by Crippen LogP contribution is 2.30. The summed E-state index contributed by atoms with van der Waals surface area (Å²) in [6.45, 7) is 10.4. The van der Waals surface area contributed by atoms with E-state index in [9.17, 15) is 25.9 Å². The standard InChI is InChI=1S/C20H26O6S2/c1-11-9-13(3)19(27(21,22)23)15(5)17(11)7-8-18-12(2)10-14(4)20(16(18)6)28(24,25)26/h9-10H,7-8H2,1-6H3,(H,21,22,23)(H,24,25,26). The maximum absolute atomic E-state index is 11.8. The molecule has 0 atom stereocenters. The third-order valence-electron chi connectivity index (χ3n) is 5.26. The molecule has 2 N–H and O–H groups in total. The predicted octanol–water partition coefficient (Wildman–Crippen LogP) is 3.82. The van der Waals surface area contributed by atoms with Crippen LogP contribution in [-0.4, -0.2) is 25.9 Å². The van der Waals surface area contributed by atoms with E-state index in [0.717, 1.165) is 22.3 Å². The molecule has 0 aliphatic carbocycles. The summed E-state index contributed by atoms with van der Waals surface area (Å²) in [4.78, 5) is -0.159. The lowest BCUT2D eigenvalue weighted by atomic mass is 9.90. The van der Waals surface area contributed by atoms with Crippen molar-refractivity contribution in [1.82, 2.24) is 0 Å². The number of rotatable bonds is 5. The second-order valence-electron chi connectivity index (χ2n) is 7.34. The van der Waals surface area contributed by atoms with Crippen LogP contribution >= 0.6 is 0 Å². The zero-order valence-corrected chi connectivity index (χ0v) is 18.5. The Morgan fingerprint density at radius 2 is 0.893 bits per heavy atom. The molecule has 0 heterocycles. The van der Waals surface area contributed by atoms with Crippen LogP contribution in [0.5, 0.6) is 0 Å². The molecule has 2 aromatic rings. The summed E-state index contributed by atoms with van der Waals surface area (Å²) >= 11 is 0. The van der Waals surface area contributed by atoms with Gasteiger partial charge in [0.2, 0.25) is 0 Å².